The van der Waals surface area contributed by atoms with Crippen molar-refractivity contribution in [2.45, 2.75) is 32.0 Å². The van der Waals surface area contributed by atoms with E-state index in [0.717, 1.165) is 19.4 Å². The average Bonchev–Trinajstić information content (AvgIpc) is 3.23. The molecule has 1 amide bonds. The van der Waals surface area contributed by atoms with Gasteiger partial charge in [0.1, 0.15) is 11.6 Å². The Morgan fingerprint density at radius 3 is 2.88 bits per heavy atom. The molecule has 1 atom stereocenters. The van der Waals surface area contributed by atoms with E-state index in [1.165, 1.54) is 24.3 Å². The van der Waals surface area contributed by atoms with Gasteiger partial charge in [-0.3, -0.25) is 9.69 Å². The van der Waals surface area contributed by atoms with Gasteiger partial charge in [-0.25, -0.2) is 4.39 Å². The van der Waals surface area contributed by atoms with Crippen LogP contribution in [0.1, 0.15) is 24.6 Å². The van der Waals surface area contributed by atoms with Crippen LogP contribution < -0.4 is 4.74 Å². The summed E-state index contributed by atoms with van der Waals surface area (Å²) in [4.78, 5) is 20.2. The lowest BCUT2D eigenvalue weighted by Gasteiger charge is -2.24. The molecule has 25 heavy (non-hydrogen) atoms. The van der Waals surface area contributed by atoms with Gasteiger partial charge in [-0.2, -0.15) is 4.98 Å². The molecule has 0 bridgehead atoms. The average molecular weight is 348 g/mol. The Balaban J connectivity index is 1.56. The van der Waals surface area contributed by atoms with Gasteiger partial charge in [0.2, 0.25) is 17.6 Å². The molecule has 1 aromatic carbocycles. The summed E-state index contributed by atoms with van der Waals surface area (Å²) in [6.07, 6.45) is 1.81. The Kier molecular flexibility index (Phi) is 5.28. The van der Waals surface area contributed by atoms with Crippen LogP contribution in [0, 0.1) is 5.82 Å². The molecule has 0 radical (unpaired) electrons. The van der Waals surface area contributed by atoms with Crippen LogP contribution in [0.4, 0.5) is 4.39 Å². The maximum absolute atomic E-state index is 12.9. The highest BCUT2D eigenvalue weighted by Gasteiger charge is 2.32. The number of hydrogen-bond donors (Lipinski definition) is 0. The molecular weight excluding hydrogens is 327 g/mol. The van der Waals surface area contributed by atoms with E-state index < -0.39 is 0 Å². The van der Waals surface area contributed by atoms with Gasteiger partial charge < -0.3 is 14.2 Å². The molecule has 7 nitrogen and oxygen atoms in total. The number of nitrogens with zero attached hydrogens (tertiary/aromatic N) is 4. The molecule has 1 fully saturated rings. The minimum absolute atomic E-state index is 0.0943. The lowest BCUT2D eigenvalue weighted by atomic mass is 10.2. The van der Waals surface area contributed by atoms with Gasteiger partial charge in [0.25, 0.3) is 0 Å². The number of benzene rings is 1. The summed E-state index contributed by atoms with van der Waals surface area (Å²) >= 11 is 0. The third-order valence-electron chi connectivity index (χ3n) is 4.12. The van der Waals surface area contributed by atoms with E-state index in [2.05, 4.69) is 15.0 Å². The van der Waals surface area contributed by atoms with Crippen LogP contribution in [0.3, 0.4) is 0 Å². The van der Waals surface area contributed by atoms with E-state index in [4.69, 9.17) is 9.26 Å². The first kappa shape index (κ1) is 17.3. The Morgan fingerprint density at radius 2 is 2.16 bits per heavy atom. The van der Waals surface area contributed by atoms with E-state index in [9.17, 15) is 9.18 Å². The third kappa shape index (κ3) is 4.33. The number of amides is 1. The SMILES string of the molecule is CN(C)C(=O)[C@@H]1CCCN1Cc1nc(COc2ccc(F)cc2)no1. The molecule has 2 heterocycles. The molecule has 0 N–H and O–H groups in total. The maximum atomic E-state index is 12.9. The fourth-order valence-electron chi connectivity index (χ4n) is 2.86. The van der Waals surface area contributed by atoms with E-state index in [1.807, 2.05) is 0 Å². The summed E-state index contributed by atoms with van der Waals surface area (Å²) in [7, 11) is 3.52. The zero-order valence-electron chi connectivity index (χ0n) is 14.3. The number of carbonyl (C=O) groups excluding carboxylic acids is 1. The number of likely N-dealkylation sites (N-methyl/N-ethyl adjacent to an activating group) is 1. The molecule has 0 aliphatic carbocycles. The molecule has 0 spiro atoms. The van der Waals surface area contributed by atoms with Gasteiger partial charge in [0.15, 0.2) is 6.61 Å². The normalized spacial score (nSPS) is 17.6. The fourth-order valence-corrected chi connectivity index (χ4v) is 2.86. The maximum Gasteiger partial charge on any atom is 0.240 e. The molecule has 1 aliphatic heterocycles. The molecule has 134 valence electrons. The van der Waals surface area contributed by atoms with E-state index >= 15 is 0 Å². The Morgan fingerprint density at radius 1 is 1.40 bits per heavy atom. The summed E-state index contributed by atoms with van der Waals surface area (Å²) in [5, 5.41) is 3.89. The van der Waals surface area contributed by atoms with Crippen molar-refractivity contribution in [1.82, 2.24) is 19.9 Å². The van der Waals surface area contributed by atoms with E-state index in [1.54, 1.807) is 19.0 Å². The van der Waals surface area contributed by atoms with E-state index in [-0.39, 0.29) is 24.4 Å². The molecule has 8 heteroatoms. The van der Waals surface area contributed by atoms with Crippen LogP contribution in [0.5, 0.6) is 5.75 Å². The first-order valence-electron chi connectivity index (χ1n) is 8.18. The lowest BCUT2D eigenvalue weighted by molar-refractivity contribution is -0.133. The van der Waals surface area contributed by atoms with Crippen molar-refractivity contribution in [3.05, 3.63) is 41.8 Å². The number of rotatable bonds is 6. The molecule has 1 aliphatic rings. The van der Waals surface area contributed by atoms with Gasteiger partial charge in [-0.1, -0.05) is 5.16 Å². The molecule has 2 aromatic rings. The molecule has 0 unspecified atom stereocenters. The second-order valence-electron chi connectivity index (χ2n) is 6.21. The predicted molar refractivity (Wildman–Crippen MR) is 87.2 cm³/mol. The van der Waals surface area contributed by atoms with Crippen LogP contribution >= 0.6 is 0 Å². The minimum atomic E-state index is -0.318. The van der Waals surface area contributed by atoms with Crippen molar-refractivity contribution in [2.75, 3.05) is 20.6 Å². The molecule has 3 rings (SSSR count). The van der Waals surface area contributed by atoms with Gasteiger partial charge in [0.05, 0.1) is 12.6 Å². The van der Waals surface area contributed by atoms with Crippen LogP contribution in [-0.2, 0) is 17.9 Å². The number of ether oxygens (including phenoxy) is 1. The molecule has 0 saturated carbocycles. The first-order valence-corrected chi connectivity index (χ1v) is 8.18. The van der Waals surface area contributed by atoms with Crippen LogP contribution in [0.2, 0.25) is 0 Å². The highest BCUT2D eigenvalue weighted by Crippen LogP contribution is 2.21. The van der Waals surface area contributed by atoms with Crippen molar-refractivity contribution in [1.29, 1.82) is 0 Å². The number of halogens is 1. The van der Waals surface area contributed by atoms with Crippen LogP contribution in [0.15, 0.2) is 28.8 Å². The summed E-state index contributed by atoms with van der Waals surface area (Å²) in [5.74, 6) is 1.17. The highest BCUT2D eigenvalue weighted by atomic mass is 19.1. The predicted octanol–water partition coefficient (Wildman–Crippen LogP) is 1.84. The summed E-state index contributed by atoms with van der Waals surface area (Å²) in [6, 6.07) is 5.59. The number of aromatic nitrogens is 2. The van der Waals surface area contributed by atoms with Crippen LogP contribution in [0.25, 0.3) is 0 Å². The lowest BCUT2D eigenvalue weighted by Crippen LogP contribution is -2.42. The second-order valence-corrected chi connectivity index (χ2v) is 6.21. The number of likely N-dealkylation sites (tertiary alicyclic amines) is 1. The summed E-state index contributed by atoms with van der Waals surface area (Å²) in [6.45, 7) is 1.40. The first-order chi connectivity index (χ1) is 12.0. The Hall–Kier alpha value is -2.48. The molecule has 1 aromatic heterocycles. The van der Waals surface area contributed by atoms with Gasteiger partial charge in [-0.05, 0) is 43.7 Å². The van der Waals surface area contributed by atoms with Gasteiger partial charge >= 0.3 is 0 Å². The van der Waals surface area contributed by atoms with Crippen molar-refractivity contribution < 1.29 is 18.4 Å². The van der Waals surface area contributed by atoms with Crippen molar-refractivity contribution in [2.24, 2.45) is 0 Å². The number of hydrogen-bond acceptors (Lipinski definition) is 6. The van der Waals surface area contributed by atoms with Crippen molar-refractivity contribution in [3.63, 3.8) is 0 Å². The fraction of sp³-hybridized carbons (Fsp3) is 0.471. The van der Waals surface area contributed by atoms with Crippen LogP contribution in [-0.4, -0.2) is 52.5 Å². The second kappa shape index (κ2) is 7.60. The quantitative estimate of drug-likeness (QED) is 0.793. The zero-order chi connectivity index (χ0) is 17.8. The standard InChI is InChI=1S/C17H21FN4O3/c1-21(2)17(23)14-4-3-9-22(14)10-16-19-15(20-25-16)11-24-13-7-5-12(18)6-8-13/h5-8,14H,3-4,9-11H2,1-2H3/t14-/m0/s1. The topological polar surface area (TPSA) is 71.7 Å². The van der Waals surface area contributed by atoms with E-state index in [0.29, 0.717) is 24.0 Å². The minimum Gasteiger partial charge on any atom is -0.485 e. The number of carbonyl (C=O) groups is 1. The highest BCUT2D eigenvalue weighted by molar-refractivity contribution is 5.81. The largest absolute Gasteiger partial charge is 0.485 e. The third-order valence-corrected chi connectivity index (χ3v) is 4.12. The monoisotopic (exact) mass is 348 g/mol. The van der Waals surface area contributed by atoms with Gasteiger partial charge in [0, 0.05) is 14.1 Å². The molecule has 1 saturated heterocycles. The smallest absolute Gasteiger partial charge is 0.240 e. The summed E-state index contributed by atoms with van der Waals surface area (Å²) < 4.78 is 23.6. The Bertz CT molecular complexity index is 717. The van der Waals surface area contributed by atoms with Gasteiger partial charge in [-0.15, -0.1) is 0 Å². The van der Waals surface area contributed by atoms with Crippen molar-refractivity contribution >= 4 is 5.91 Å². The Labute approximate surface area is 145 Å². The zero-order valence-corrected chi connectivity index (χ0v) is 14.3. The molecular formula is C17H21FN4O3. The summed E-state index contributed by atoms with van der Waals surface area (Å²) in [5.41, 5.74) is 0. The van der Waals surface area contributed by atoms with Crippen molar-refractivity contribution in [3.8, 4) is 5.75 Å².